The number of nitrogens with zero attached hydrogens (tertiary/aromatic N) is 3. The number of nitrogens with one attached hydrogen (secondary N) is 2. The molecule has 2 heterocycles. The molecule has 0 spiro atoms. The fourth-order valence-corrected chi connectivity index (χ4v) is 1.84. The number of carbonyl (C=O) groups excluding carboxylic acids is 2. The van der Waals surface area contributed by atoms with Crippen LogP contribution in [0.2, 0.25) is 0 Å². The van der Waals surface area contributed by atoms with Crippen LogP contribution in [0.3, 0.4) is 0 Å². The van der Waals surface area contributed by atoms with Gasteiger partial charge in [-0.3, -0.25) is 19.8 Å². The van der Waals surface area contributed by atoms with E-state index < -0.39 is 0 Å². The number of hydrogen-bond acceptors (Lipinski definition) is 6. The van der Waals surface area contributed by atoms with Crippen LogP contribution in [0.1, 0.15) is 11.5 Å². The number of carbonyl (C=O) groups is 2. The second kappa shape index (κ2) is 5.09. The van der Waals surface area contributed by atoms with Crippen LogP contribution in [0.5, 0.6) is 0 Å². The van der Waals surface area contributed by atoms with Gasteiger partial charge in [0.2, 0.25) is 11.8 Å². The van der Waals surface area contributed by atoms with Crippen molar-refractivity contribution in [3.05, 3.63) is 17.6 Å². The van der Waals surface area contributed by atoms with Crippen molar-refractivity contribution in [1.29, 1.82) is 0 Å². The van der Waals surface area contributed by atoms with E-state index >= 15 is 0 Å². The Labute approximate surface area is 105 Å². The lowest BCUT2D eigenvalue weighted by Gasteiger charge is -2.24. The monoisotopic (exact) mass is 249 g/mol. The molecule has 2 rings (SSSR count). The molecule has 1 aromatic rings. The summed E-state index contributed by atoms with van der Waals surface area (Å²) < 4.78 is 0. The lowest BCUT2D eigenvalue weighted by atomic mass is 10.3. The van der Waals surface area contributed by atoms with Crippen LogP contribution < -0.4 is 10.6 Å². The van der Waals surface area contributed by atoms with Gasteiger partial charge in [-0.15, -0.1) is 0 Å². The summed E-state index contributed by atoms with van der Waals surface area (Å²) in [6.07, 6.45) is 0. The van der Waals surface area contributed by atoms with Crippen LogP contribution in [0.25, 0.3) is 0 Å². The average molecular weight is 249 g/mol. The van der Waals surface area contributed by atoms with Gasteiger partial charge in [0.25, 0.3) is 0 Å². The Kier molecular flexibility index (Phi) is 3.52. The summed E-state index contributed by atoms with van der Waals surface area (Å²) >= 11 is 0. The third kappa shape index (κ3) is 3.01. The number of amides is 2. The predicted molar refractivity (Wildman–Crippen MR) is 64.7 cm³/mol. The van der Waals surface area contributed by atoms with E-state index in [1.54, 1.807) is 11.9 Å². The molecule has 0 bridgehead atoms. The number of imide groups is 1. The van der Waals surface area contributed by atoms with Crippen LogP contribution >= 0.6 is 0 Å². The van der Waals surface area contributed by atoms with Crippen molar-refractivity contribution in [1.82, 2.24) is 20.2 Å². The Morgan fingerprint density at radius 3 is 2.61 bits per heavy atom. The molecule has 0 saturated carbocycles. The van der Waals surface area contributed by atoms with Crippen molar-refractivity contribution >= 4 is 17.6 Å². The molecule has 2 amide bonds. The van der Waals surface area contributed by atoms with Gasteiger partial charge in [0.1, 0.15) is 11.6 Å². The number of piperazine rings is 1. The Bertz CT molecular complexity index is 472. The largest absolute Gasteiger partial charge is 0.373 e. The first-order chi connectivity index (χ1) is 8.56. The SMILES string of the molecule is CNc1cc(C)nc(CN2CC(=O)NC(=O)C2)n1. The summed E-state index contributed by atoms with van der Waals surface area (Å²) in [5, 5.41) is 5.20. The zero-order valence-electron chi connectivity index (χ0n) is 10.4. The first-order valence-electron chi connectivity index (χ1n) is 5.64. The quantitative estimate of drug-likeness (QED) is 0.688. The minimum Gasteiger partial charge on any atom is -0.373 e. The van der Waals surface area contributed by atoms with E-state index in [2.05, 4.69) is 20.6 Å². The van der Waals surface area contributed by atoms with Gasteiger partial charge in [0.15, 0.2) is 0 Å². The molecule has 2 N–H and O–H groups in total. The van der Waals surface area contributed by atoms with E-state index in [1.807, 2.05) is 13.0 Å². The first kappa shape index (κ1) is 12.4. The highest BCUT2D eigenvalue weighted by atomic mass is 16.2. The molecule has 0 aliphatic carbocycles. The van der Waals surface area contributed by atoms with Crippen LogP contribution in [0.15, 0.2) is 6.07 Å². The van der Waals surface area contributed by atoms with E-state index in [-0.39, 0.29) is 24.9 Å². The van der Waals surface area contributed by atoms with Crippen LogP contribution in [0.4, 0.5) is 5.82 Å². The lowest BCUT2D eigenvalue weighted by molar-refractivity contribution is -0.136. The second-order valence-corrected chi connectivity index (χ2v) is 4.18. The highest BCUT2D eigenvalue weighted by Crippen LogP contribution is 2.08. The summed E-state index contributed by atoms with van der Waals surface area (Å²) in [5.41, 5.74) is 0.845. The molecule has 18 heavy (non-hydrogen) atoms. The highest BCUT2D eigenvalue weighted by molar-refractivity contribution is 5.99. The predicted octanol–water partition coefficient (Wildman–Crippen LogP) is -0.715. The number of aromatic nitrogens is 2. The van der Waals surface area contributed by atoms with Crippen molar-refractivity contribution in [2.75, 3.05) is 25.5 Å². The summed E-state index contributed by atoms with van der Waals surface area (Å²) in [6, 6.07) is 1.83. The maximum absolute atomic E-state index is 11.2. The van der Waals surface area contributed by atoms with Gasteiger partial charge in [0, 0.05) is 18.8 Å². The summed E-state index contributed by atoms with van der Waals surface area (Å²) in [7, 11) is 1.78. The summed E-state index contributed by atoms with van der Waals surface area (Å²) in [5.74, 6) is 0.757. The molecule has 0 aromatic carbocycles. The van der Waals surface area contributed by atoms with Crippen molar-refractivity contribution in [3.63, 3.8) is 0 Å². The molecule has 96 valence electrons. The van der Waals surface area contributed by atoms with E-state index in [4.69, 9.17) is 0 Å². The number of anilines is 1. The third-order valence-corrected chi connectivity index (χ3v) is 2.53. The second-order valence-electron chi connectivity index (χ2n) is 4.18. The Hall–Kier alpha value is -2.02. The van der Waals surface area contributed by atoms with Gasteiger partial charge in [-0.05, 0) is 6.92 Å². The van der Waals surface area contributed by atoms with E-state index in [0.717, 1.165) is 11.5 Å². The fourth-order valence-electron chi connectivity index (χ4n) is 1.84. The minimum absolute atomic E-state index is 0.192. The Balaban J connectivity index is 2.11. The third-order valence-electron chi connectivity index (χ3n) is 2.53. The van der Waals surface area contributed by atoms with Gasteiger partial charge in [0.05, 0.1) is 19.6 Å². The zero-order chi connectivity index (χ0) is 13.1. The molecule has 1 fully saturated rings. The van der Waals surface area contributed by atoms with Gasteiger partial charge in [-0.25, -0.2) is 9.97 Å². The number of hydrogen-bond donors (Lipinski definition) is 2. The molecule has 7 heteroatoms. The van der Waals surface area contributed by atoms with E-state index in [0.29, 0.717) is 12.4 Å². The summed E-state index contributed by atoms with van der Waals surface area (Å²) in [6.45, 7) is 2.64. The van der Waals surface area contributed by atoms with Gasteiger partial charge < -0.3 is 5.32 Å². The van der Waals surface area contributed by atoms with Crippen molar-refractivity contribution < 1.29 is 9.59 Å². The number of aryl methyl sites for hydroxylation is 1. The Morgan fingerprint density at radius 2 is 2.00 bits per heavy atom. The average Bonchev–Trinajstić information content (AvgIpc) is 2.26. The minimum atomic E-state index is -0.284. The normalized spacial score (nSPS) is 16.6. The zero-order valence-corrected chi connectivity index (χ0v) is 10.4. The summed E-state index contributed by atoms with van der Waals surface area (Å²) in [4.78, 5) is 32.8. The lowest BCUT2D eigenvalue weighted by Crippen LogP contribution is -2.51. The van der Waals surface area contributed by atoms with Crippen LogP contribution in [-0.2, 0) is 16.1 Å². The van der Waals surface area contributed by atoms with Crippen molar-refractivity contribution in [2.24, 2.45) is 0 Å². The molecule has 1 saturated heterocycles. The number of rotatable bonds is 3. The maximum Gasteiger partial charge on any atom is 0.240 e. The molecule has 1 aliphatic rings. The first-order valence-corrected chi connectivity index (χ1v) is 5.64. The van der Waals surface area contributed by atoms with Crippen LogP contribution in [0, 0.1) is 6.92 Å². The molecular formula is C11H15N5O2. The highest BCUT2D eigenvalue weighted by Gasteiger charge is 2.23. The molecule has 0 atom stereocenters. The maximum atomic E-state index is 11.2. The molecule has 0 unspecified atom stereocenters. The van der Waals surface area contributed by atoms with Gasteiger partial charge in [-0.2, -0.15) is 0 Å². The molecule has 1 aromatic heterocycles. The smallest absolute Gasteiger partial charge is 0.240 e. The fraction of sp³-hybridized carbons (Fsp3) is 0.455. The Morgan fingerprint density at radius 1 is 1.33 bits per heavy atom. The van der Waals surface area contributed by atoms with E-state index in [9.17, 15) is 9.59 Å². The van der Waals surface area contributed by atoms with Gasteiger partial charge in [-0.1, -0.05) is 0 Å². The molecule has 1 aliphatic heterocycles. The molecule has 0 radical (unpaired) electrons. The topological polar surface area (TPSA) is 87.2 Å². The molecular weight excluding hydrogens is 234 g/mol. The van der Waals surface area contributed by atoms with Crippen molar-refractivity contribution in [3.8, 4) is 0 Å². The van der Waals surface area contributed by atoms with Crippen LogP contribution in [-0.4, -0.2) is 46.8 Å². The van der Waals surface area contributed by atoms with Crippen molar-refractivity contribution in [2.45, 2.75) is 13.5 Å². The van der Waals surface area contributed by atoms with E-state index in [1.165, 1.54) is 0 Å². The standard InChI is InChI=1S/C11H15N5O2/c1-7-3-8(12-2)14-9(13-7)4-16-5-10(17)15-11(18)6-16/h3H,4-6H2,1-2H3,(H,12,13,14)(H,15,17,18). The molecule has 7 nitrogen and oxygen atoms in total. The van der Waals surface area contributed by atoms with Gasteiger partial charge >= 0.3 is 0 Å².